The Morgan fingerprint density at radius 1 is 0.554 bits per heavy atom. The van der Waals surface area contributed by atoms with Crippen LogP contribution in [0.4, 0.5) is 0 Å². The van der Waals surface area contributed by atoms with Crippen LogP contribution in [0.5, 0.6) is 0 Å². The minimum atomic E-state index is -4.64. The maximum Gasteiger partial charge on any atom is 0.306 e. The molecular weight excluding hydrogens is 725 g/mol. The van der Waals surface area contributed by atoms with Gasteiger partial charge >= 0.3 is 11.9 Å². The predicted octanol–water partition coefficient (Wildman–Crippen LogP) is 12.1. The number of nitrogens with zero attached hydrogens (tertiary/aromatic N) is 1. The van der Waals surface area contributed by atoms with E-state index in [4.69, 9.17) is 18.5 Å². The van der Waals surface area contributed by atoms with Crippen LogP contribution in [-0.4, -0.2) is 70.0 Å². The molecule has 1 unspecified atom stereocenters. The molecule has 0 radical (unpaired) electrons. The number of hydrogen-bond donors (Lipinski definition) is 0. The van der Waals surface area contributed by atoms with Crippen molar-refractivity contribution in [3.8, 4) is 0 Å². The van der Waals surface area contributed by atoms with Crippen molar-refractivity contribution in [1.82, 2.24) is 0 Å². The molecule has 326 valence electrons. The monoisotopic (exact) mass is 810 g/mol. The maximum absolute atomic E-state index is 12.7. The summed E-state index contributed by atoms with van der Waals surface area (Å²) in [5.41, 5.74) is 0. The standard InChI is InChI=1S/C46H84NO8P/c1-6-8-10-12-14-16-18-20-22-23-25-26-28-30-32-34-36-38-45(48)52-42-44(43-54-56(50,51)53-41-40-47(3,4)5)55-46(49)39-37-35-33-31-29-27-24-21-19-17-15-13-11-9-7-2/h17,19-20,22,25-26,30,32,44H,6-16,18,21,23-24,27-29,31,33-43H2,1-5H3/b19-17-,22-20-,26-25-,32-30-/t44-/m1/s1. The number of likely N-dealkylation sites (N-methyl/N-ethyl adjacent to an activating group) is 1. The van der Waals surface area contributed by atoms with E-state index < -0.39 is 32.5 Å². The number of esters is 2. The van der Waals surface area contributed by atoms with Crippen LogP contribution in [0.2, 0.25) is 0 Å². The molecule has 0 bridgehead atoms. The Bertz CT molecular complexity index is 1100. The summed E-state index contributed by atoms with van der Waals surface area (Å²) in [5, 5.41) is 0. The number of phosphoric acid groups is 1. The van der Waals surface area contributed by atoms with Gasteiger partial charge in [0.15, 0.2) is 6.10 Å². The van der Waals surface area contributed by atoms with E-state index in [1.54, 1.807) is 0 Å². The number of carbonyl (C=O) groups is 2. The smallest absolute Gasteiger partial charge is 0.306 e. The van der Waals surface area contributed by atoms with Crippen molar-refractivity contribution in [1.29, 1.82) is 0 Å². The van der Waals surface area contributed by atoms with Crippen LogP contribution in [0.25, 0.3) is 0 Å². The molecule has 0 N–H and O–H groups in total. The minimum Gasteiger partial charge on any atom is -0.756 e. The molecule has 0 amide bonds. The Morgan fingerprint density at radius 2 is 0.982 bits per heavy atom. The van der Waals surface area contributed by atoms with Gasteiger partial charge in [-0.15, -0.1) is 0 Å². The van der Waals surface area contributed by atoms with E-state index in [1.807, 2.05) is 21.1 Å². The molecule has 0 spiro atoms. The second-order valence-corrected chi connectivity index (χ2v) is 17.5. The molecule has 0 aromatic carbocycles. The van der Waals surface area contributed by atoms with E-state index in [-0.39, 0.29) is 26.1 Å². The van der Waals surface area contributed by atoms with Crippen LogP contribution in [0.1, 0.15) is 181 Å². The molecule has 0 rings (SSSR count). The van der Waals surface area contributed by atoms with Gasteiger partial charge in [-0.3, -0.25) is 14.2 Å². The molecular formula is C46H84NO8P. The number of rotatable bonds is 40. The third-order valence-electron chi connectivity index (χ3n) is 9.32. The molecule has 2 atom stereocenters. The lowest BCUT2D eigenvalue weighted by Crippen LogP contribution is -2.37. The number of allylic oxidation sites excluding steroid dienone is 8. The highest BCUT2D eigenvalue weighted by atomic mass is 31.2. The zero-order valence-electron chi connectivity index (χ0n) is 36.6. The summed E-state index contributed by atoms with van der Waals surface area (Å²) in [4.78, 5) is 37.5. The Hall–Kier alpha value is -2.03. The first-order valence-electron chi connectivity index (χ1n) is 22.3. The normalized spacial score (nSPS) is 14.0. The first-order valence-corrected chi connectivity index (χ1v) is 23.8. The van der Waals surface area contributed by atoms with Crippen LogP contribution >= 0.6 is 7.82 Å². The lowest BCUT2D eigenvalue weighted by atomic mass is 10.1. The van der Waals surface area contributed by atoms with E-state index >= 15 is 0 Å². The summed E-state index contributed by atoms with van der Waals surface area (Å²) >= 11 is 0. The van der Waals surface area contributed by atoms with Crippen LogP contribution in [0.3, 0.4) is 0 Å². The van der Waals surface area contributed by atoms with Crippen LogP contribution in [0, 0.1) is 0 Å². The van der Waals surface area contributed by atoms with E-state index in [0.717, 1.165) is 51.4 Å². The van der Waals surface area contributed by atoms with E-state index in [1.165, 1.54) is 89.9 Å². The van der Waals surface area contributed by atoms with Crippen LogP contribution in [-0.2, 0) is 32.7 Å². The Labute approximate surface area is 343 Å². The highest BCUT2D eigenvalue weighted by Gasteiger charge is 2.21. The summed E-state index contributed by atoms with van der Waals surface area (Å²) in [6.45, 7) is 4.14. The number of ether oxygens (including phenoxy) is 2. The Morgan fingerprint density at radius 3 is 1.52 bits per heavy atom. The second-order valence-electron chi connectivity index (χ2n) is 16.1. The summed E-state index contributed by atoms with van der Waals surface area (Å²) in [7, 11) is 1.13. The Kier molecular flexibility index (Phi) is 37.1. The largest absolute Gasteiger partial charge is 0.756 e. The Balaban J connectivity index is 4.44. The van der Waals surface area contributed by atoms with Gasteiger partial charge < -0.3 is 27.9 Å². The predicted molar refractivity (Wildman–Crippen MR) is 231 cm³/mol. The molecule has 56 heavy (non-hydrogen) atoms. The van der Waals surface area contributed by atoms with Crippen molar-refractivity contribution in [3.63, 3.8) is 0 Å². The lowest BCUT2D eigenvalue weighted by Gasteiger charge is -2.28. The fourth-order valence-corrected chi connectivity index (χ4v) is 6.51. The SMILES string of the molecule is CCCCCC/C=C\CCCCCCCCCC(=O)O[C@H](COC(=O)CCC/C=C\C/C=C\C/C=C\CCCCCCCC)COP(=O)([O-])OCC[N+](C)(C)C. The minimum absolute atomic E-state index is 0.0403. The molecule has 10 heteroatoms. The zero-order valence-corrected chi connectivity index (χ0v) is 37.5. The first kappa shape index (κ1) is 54.0. The van der Waals surface area contributed by atoms with E-state index in [2.05, 4.69) is 62.5 Å². The van der Waals surface area contributed by atoms with Gasteiger partial charge in [0.1, 0.15) is 19.8 Å². The summed E-state index contributed by atoms with van der Waals surface area (Å²) < 4.78 is 33.8. The van der Waals surface area contributed by atoms with Gasteiger partial charge in [-0.25, -0.2) is 0 Å². The summed E-state index contributed by atoms with van der Waals surface area (Å²) in [6, 6.07) is 0. The van der Waals surface area contributed by atoms with Gasteiger partial charge in [0, 0.05) is 12.8 Å². The molecule has 0 fully saturated rings. The average molecular weight is 810 g/mol. The number of carbonyl (C=O) groups excluding carboxylic acids is 2. The van der Waals surface area contributed by atoms with Gasteiger partial charge in [0.2, 0.25) is 0 Å². The zero-order chi connectivity index (χ0) is 41.4. The van der Waals surface area contributed by atoms with Crippen molar-refractivity contribution in [2.24, 2.45) is 0 Å². The molecule has 0 saturated heterocycles. The third kappa shape index (κ3) is 41.6. The van der Waals surface area contributed by atoms with Gasteiger partial charge in [0.25, 0.3) is 7.82 Å². The molecule has 0 aromatic heterocycles. The van der Waals surface area contributed by atoms with Gasteiger partial charge in [0.05, 0.1) is 27.7 Å². The molecule has 0 aliphatic rings. The lowest BCUT2D eigenvalue weighted by molar-refractivity contribution is -0.870. The maximum atomic E-state index is 12.7. The fourth-order valence-electron chi connectivity index (χ4n) is 5.78. The van der Waals surface area contributed by atoms with Gasteiger partial charge in [-0.2, -0.15) is 0 Å². The quantitative estimate of drug-likeness (QED) is 0.0198. The van der Waals surface area contributed by atoms with E-state index in [0.29, 0.717) is 23.9 Å². The fraction of sp³-hybridized carbons (Fsp3) is 0.783. The van der Waals surface area contributed by atoms with Crippen molar-refractivity contribution >= 4 is 19.8 Å². The van der Waals surface area contributed by atoms with Crippen molar-refractivity contribution in [2.45, 2.75) is 187 Å². The van der Waals surface area contributed by atoms with Crippen molar-refractivity contribution in [3.05, 3.63) is 48.6 Å². The first-order chi connectivity index (χ1) is 27.0. The summed E-state index contributed by atoms with van der Waals surface area (Å²) in [5.74, 6) is -0.902. The molecule has 0 aromatic rings. The van der Waals surface area contributed by atoms with E-state index in [9.17, 15) is 19.0 Å². The summed E-state index contributed by atoms with van der Waals surface area (Å²) in [6.07, 6.45) is 44.3. The molecule has 0 aliphatic carbocycles. The number of unbranched alkanes of at least 4 members (excludes halogenated alkanes) is 18. The second kappa shape index (κ2) is 38.5. The van der Waals surface area contributed by atoms with Gasteiger partial charge in [-0.05, 0) is 70.6 Å². The van der Waals surface area contributed by atoms with Gasteiger partial charge in [-0.1, -0.05) is 146 Å². The third-order valence-corrected chi connectivity index (χ3v) is 10.3. The van der Waals surface area contributed by atoms with Crippen LogP contribution in [0.15, 0.2) is 48.6 Å². The molecule has 9 nitrogen and oxygen atoms in total. The highest BCUT2D eigenvalue weighted by Crippen LogP contribution is 2.38. The average Bonchev–Trinajstić information content (AvgIpc) is 3.15. The molecule has 0 heterocycles. The number of phosphoric ester groups is 1. The molecule has 0 saturated carbocycles. The highest BCUT2D eigenvalue weighted by molar-refractivity contribution is 7.45. The molecule has 0 aliphatic heterocycles. The number of hydrogen-bond acceptors (Lipinski definition) is 8. The van der Waals surface area contributed by atoms with Crippen LogP contribution < -0.4 is 4.89 Å². The van der Waals surface area contributed by atoms with Crippen molar-refractivity contribution < 1.29 is 42.1 Å². The van der Waals surface area contributed by atoms with Crippen molar-refractivity contribution in [2.75, 3.05) is 47.5 Å². The number of quaternary nitrogens is 1. The topological polar surface area (TPSA) is 111 Å².